The van der Waals surface area contributed by atoms with Gasteiger partial charge in [-0.05, 0) is 27.8 Å². The summed E-state index contributed by atoms with van der Waals surface area (Å²) in [6.45, 7) is 5.54. The lowest BCUT2D eigenvalue weighted by Gasteiger charge is -2.24. The highest BCUT2D eigenvalue weighted by atomic mass is 16.2. The Labute approximate surface area is 80.3 Å². The van der Waals surface area contributed by atoms with E-state index in [0.29, 0.717) is 6.42 Å². The van der Waals surface area contributed by atoms with Crippen molar-refractivity contribution in [1.82, 2.24) is 10.6 Å². The van der Waals surface area contributed by atoms with Gasteiger partial charge in [-0.2, -0.15) is 0 Å². The van der Waals surface area contributed by atoms with E-state index in [-0.39, 0.29) is 11.9 Å². The van der Waals surface area contributed by atoms with Gasteiger partial charge in [0.15, 0.2) is 0 Å². The zero-order chi connectivity index (χ0) is 10.5. The Morgan fingerprint density at radius 2 is 2.15 bits per heavy atom. The summed E-state index contributed by atoms with van der Waals surface area (Å²) in [5.74, 6) is 2.48. The van der Waals surface area contributed by atoms with Gasteiger partial charge in [0.05, 0.1) is 5.54 Å². The van der Waals surface area contributed by atoms with Crippen molar-refractivity contribution in [1.29, 1.82) is 0 Å². The third-order valence-electron chi connectivity index (χ3n) is 1.99. The van der Waals surface area contributed by atoms with E-state index in [2.05, 4.69) is 16.6 Å². The normalized spacial score (nSPS) is 13.2. The quantitative estimate of drug-likeness (QED) is 0.622. The van der Waals surface area contributed by atoms with Gasteiger partial charge in [0, 0.05) is 12.5 Å². The van der Waals surface area contributed by atoms with Crippen LogP contribution in [0.15, 0.2) is 0 Å². The topological polar surface area (TPSA) is 41.1 Å². The number of hydrogen-bond acceptors (Lipinski definition) is 2. The molecule has 3 nitrogen and oxygen atoms in total. The number of carbonyl (C=O) groups excluding carboxylic acids is 1. The molecule has 0 aromatic rings. The molecule has 1 amide bonds. The van der Waals surface area contributed by atoms with Gasteiger partial charge in [0.1, 0.15) is 0 Å². The van der Waals surface area contributed by atoms with Gasteiger partial charge < -0.3 is 10.6 Å². The van der Waals surface area contributed by atoms with E-state index in [1.807, 2.05) is 20.8 Å². The molecular formula is C10H18N2O. The van der Waals surface area contributed by atoms with E-state index >= 15 is 0 Å². The van der Waals surface area contributed by atoms with Crippen molar-refractivity contribution in [3.8, 4) is 12.3 Å². The van der Waals surface area contributed by atoms with E-state index in [1.54, 1.807) is 7.05 Å². The van der Waals surface area contributed by atoms with Crippen LogP contribution in [0.3, 0.4) is 0 Å². The summed E-state index contributed by atoms with van der Waals surface area (Å²) < 4.78 is 0. The molecule has 13 heavy (non-hydrogen) atoms. The first-order valence-electron chi connectivity index (χ1n) is 4.37. The molecule has 0 rings (SSSR count). The highest BCUT2D eigenvalue weighted by Crippen LogP contribution is 2.01. The van der Waals surface area contributed by atoms with Gasteiger partial charge in [-0.1, -0.05) is 0 Å². The highest BCUT2D eigenvalue weighted by molar-refractivity contribution is 5.85. The van der Waals surface area contributed by atoms with Crippen molar-refractivity contribution in [2.75, 3.05) is 7.05 Å². The van der Waals surface area contributed by atoms with Crippen LogP contribution >= 0.6 is 0 Å². The van der Waals surface area contributed by atoms with E-state index < -0.39 is 5.54 Å². The molecule has 0 fully saturated rings. The lowest BCUT2D eigenvalue weighted by atomic mass is 10.0. The zero-order valence-corrected chi connectivity index (χ0v) is 8.77. The van der Waals surface area contributed by atoms with Crippen molar-refractivity contribution in [3.05, 3.63) is 0 Å². The summed E-state index contributed by atoms with van der Waals surface area (Å²) in [6.07, 6.45) is 5.69. The molecule has 0 aromatic carbocycles. The lowest BCUT2D eigenvalue weighted by Crippen LogP contribution is -2.53. The van der Waals surface area contributed by atoms with Crippen LogP contribution < -0.4 is 10.6 Å². The van der Waals surface area contributed by atoms with Crippen molar-refractivity contribution in [2.45, 2.75) is 38.8 Å². The Kier molecular flexibility index (Phi) is 4.50. The maximum atomic E-state index is 11.5. The minimum absolute atomic E-state index is 0.0299. The van der Waals surface area contributed by atoms with Crippen LogP contribution in [-0.4, -0.2) is 24.5 Å². The zero-order valence-electron chi connectivity index (χ0n) is 8.77. The van der Waals surface area contributed by atoms with Crippen LogP contribution in [0.25, 0.3) is 0 Å². The smallest absolute Gasteiger partial charge is 0.239 e. The van der Waals surface area contributed by atoms with Crippen LogP contribution in [-0.2, 0) is 4.79 Å². The first-order chi connectivity index (χ1) is 5.94. The van der Waals surface area contributed by atoms with Crippen LogP contribution in [0.2, 0.25) is 0 Å². The molecule has 0 aliphatic carbocycles. The monoisotopic (exact) mass is 182 g/mol. The molecule has 74 valence electrons. The second-order valence-electron chi connectivity index (χ2n) is 3.66. The Balaban J connectivity index is 4.09. The fraction of sp³-hybridized carbons (Fsp3) is 0.700. The molecule has 0 aliphatic heterocycles. The first kappa shape index (κ1) is 12.0. The largest absolute Gasteiger partial charge is 0.351 e. The lowest BCUT2D eigenvalue weighted by molar-refractivity contribution is -0.126. The van der Waals surface area contributed by atoms with Gasteiger partial charge in [0.25, 0.3) is 0 Å². The molecule has 1 unspecified atom stereocenters. The Morgan fingerprint density at radius 1 is 1.62 bits per heavy atom. The van der Waals surface area contributed by atoms with Gasteiger partial charge >= 0.3 is 0 Å². The molecule has 0 saturated heterocycles. The van der Waals surface area contributed by atoms with Crippen LogP contribution in [0.5, 0.6) is 0 Å². The highest BCUT2D eigenvalue weighted by Gasteiger charge is 2.25. The number of rotatable bonds is 4. The molecular weight excluding hydrogens is 164 g/mol. The summed E-state index contributed by atoms with van der Waals surface area (Å²) in [7, 11) is 1.76. The summed E-state index contributed by atoms with van der Waals surface area (Å²) >= 11 is 0. The predicted molar refractivity (Wildman–Crippen MR) is 54.2 cm³/mol. The standard InChI is InChI=1S/C10H18N2O/c1-6-7-8(2)12-9(13)10(3,4)11-5/h1,8,11H,7H2,2-5H3,(H,12,13). The number of nitrogens with one attached hydrogen (secondary N) is 2. The van der Waals surface area contributed by atoms with Crippen molar-refractivity contribution >= 4 is 5.91 Å². The molecule has 0 heterocycles. The average Bonchev–Trinajstić information content (AvgIpc) is 2.04. The van der Waals surface area contributed by atoms with E-state index in [9.17, 15) is 4.79 Å². The number of terminal acetylenes is 1. The van der Waals surface area contributed by atoms with Gasteiger partial charge in [-0.15, -0.1) is 12.3 Å². The van der Waals surface area contributed by atoms with Crippen LogP contribution in [0.4, 0.5) is 0 Å². The van der Waals surface area contributed by atoms with Gasteiger partial charge in [0.2, 0.25) is 5.91 Å². The third kappa shape index (κ3) is 3.95. The molecule has 0 bridgehead atoms. The maximum absolute atomic E-state index is 11.5. The van der Waals surface area contributed by atoms with Gasteiger partial charge in [-0.25, -0.2) is 0 Å². The Morgan fingerprint density at radius 3 is 2.54 bits per heavy atom. The average molecular weight is 182 g/mol. The van der Waals surface area contributed by atoms with Crippen LogP contribution in [0.1, 0.15) is 27.2 Å². The van der Waals surface area contributed by atoms with E-state index in [0.717, 1.165) is 0 Å². The minimum atomic E-state index is -0.539. The van der Waals surface area contributed by atoms with Crippen LogP contribution in [0, 0.1) is 12.3 Å². The SMILES string of the molecule is C#CCC(C)NC(=O)C(C)(C)NC. The second kappa shape index (κ2) is 4.88. The first-order valence-corrected chi connectivity index (χ1v) is 4.37. The van der Waals surface area contributed by atoms with Crippen molar-refractivity contribution in [3.63, 3.8) is 0 Å². The molecule has 0 radical (unpaired) electrons. The molecule has 2 N–H and O–H groups in total. The molecule has 1 atom stereocenters. The summed E-state index contributed by atoms with van der Waals surface area (Å²) in [5, 5.41) is 5.75. The second-order valence-corrected chi connectivity index (χ2v) is 3.66. The maximum Gasteiger partial charge on any atom is 0.239 e. The van der Waals surface area contributed by atoms with Crippen molar-refractivity contribution in [2.24, 2.45) is 0 Å². The molecule has 0 aromatic heterocycles. The molecule has 0 spiro atoms. The van der Waals surface area contributed by atoms with Gasteiger partial charge in [-0.3, -0.25) is 4.79 Å². The van der Waals surface area contributed by atoms with E-state index in [4.69, 9.17) is 6.42 Å². The fourth-order valence-corrected chi connectivity index (χ4v) is 0.746. The number of hydrogen-bond donors (Lipinski definition) is 2. The Bertz CT molecular complexity index is 215. The summed E-state index contributed by atoms with van der Waals surface area (Å²) in [5.41, 5.74) is -0.539. The number of likely N-dealkylation sites (N-methyl/N-ethyl adjacent to an activating group) is 1. The molecule has 0 aliphatic rings. The molecule has 0 saturated carbocycles. The third-order valence-corrected chi connectivity index (χ3v) is 1.99. The number of carbonyl (C=O) groups is 1. The number of amides is 1. The Hall–Kier alpha value is -1.01. The predicted octanol–water partition coefficient (Wildman–Crippen LogP) is 0.512. The summed E-state index contributed by atoms with van der Waals surface area (Å²) in [4.78, 5) is 11.5. The van der Waals surface area contributed by atoms with E-state index in [1.165, 1.54) is 0 Å². The van der Waals surface area contributed by atoms with Crippen molar-refractivity contribution < 1.29 is 4.79 Å². The summed E-state index contributed by atoms with van der Waals surface area (Å²) in [6, 6.07) is 0.0325. The fourth-order valence-electron chi connectivity index (χ4n) is 0.746. The minimum Gasteiger partial charge on any atom is -0.351 e. The molecule has 3 heteroatoms.